The highest BCUT2D eigenvalue weighted by molar-refractivity contribution is 5.61. The number of aromatic nitrogens is 2. The Morgan fingerprint density at radius 2 is 2.19 bits per heavy atom. The van der Waals surface area contributed by atoms with Gasteiger partial charge in [-0.15, -0.1) is 0 Å². The van der Waals surface area contributed by atoms with Crippen LogP contribution in [-0.4, -0.2) is 17.3 Å². The minimum absolute atomic E-state index is 0.415. The van der Waals surface area contributed by atoms with Crippen LogP contribution >= 0.6 is 0 Å². The molecular formula is C11H14N4O. The molecule has 16 heavy (non-hydrogen) atoms. The van der Waals surface area contributed by atoms with Gasteiger partial charge in [0.25, 0.3) is 0 Å². The Hall–Kier alpha value is -2.17. The Kier molecular flexibility index (Phi) is 2.68. The number of nitrogens with one attached hydrogen (secondary N) is 1. The second-order valence-corrected chi connectivity index (χ2v) is 3.53. The molecule has 0 bridgehead atoms. The number of rotatable bonds is 3. The number of aromatic amines is 1. The van der Waals surface area contributed by atoms with E-state index in [-0.39, 0.29) is 0 Å². The number of ether oxygens (including phenoxy) is 1. The third-order valence-corrected chi connectivity index (χ3v) is 2.42. The zero-order valence-electron chi connectivity index (χ0n) is 9.03. The minimum atomic E-state index is 0.415. The fourth-order valence-electron chi connectivity index (χ4n) is 1.51. The summed E-state index contributed by atoms with van der Waals surface area (Å²) in [5.41, 5.74) is 13.7. The predicted molar refractivity (Wildman–Crippen MR) is 63.2 cm³/mol. The quantitative estimate of drug-likeness (QED) is 0.721. The van der Waals surface area contributed by atoms with Gasteiger partial charge in [0.2, 0.25) is 0 Å². The molecule has 2 aromatic rings. The molecule has 2 rings (SSSR count). The summed E-state index contributed by atoms with van der Waals surface area (Å²) in [7, 11) is 1.64. The van der Waals surface area contributed by atoms with Crippen molar-refractivity contribution in [1.82, 2.24) is 10.2 Å². The molecule has 0 aliphatic rings. The lowest BCUT2D eigenvalue weighted by Crippen LogP contribution is -1.96. The lowest BCUT2D eigenvalue weighted by Gasteiger charge is -2.03. The fraction of sp³-hybridized carbons (Fsp3) is 0.182. The molecule has 0 aliphatic carbocycles. The molecule has 0 atom stereocenters. The Morgan fingerprint density at radius 1 is 1.38 bits per heavy atom. The lowest BCUT2D eigenvalue weighted by molar-refractivity contribution is 0.414. The van der Waals surface area contributed by atoms with Crippen LogP contribution in [0.5, 0.6) is 5.75 Å². The van der Waals surface area contributed by atoms with Gasteiger partial charge in [0, 0.05) is 6.42 Å². The Bertz CT molecular complexity index is 492. The first-order valence-electron chi connectivity index (χ1n) is 4.92. The smallest absolute Gasteiger partial charge is 0.142 e. The van der Waals surface area contributed by atoms with Crippen molar-refractivity contribution < 1.29 is 4.74 Å². The van der Waals surface area contributed by atoms with E-state index >= 15 is 0 Å². The highest BCUT2D eigenvalue weighted by Crippen LogP contribution is 2.21. The number of nitrogen functional groups attached to an aromatic ring is 2. The van der Waals surface area contributed by atoms with E-state index in [1.165, 1.54) is 0 Å². The van der Waals surface area contributed by atoms with E-state index < -0.39 is 0 Å². The molecule has 0 spiro atoms. The van der Waals surface area contributed by atoms with E-state index in [1.54, 1.807) is 7.11 Å². The molecule has 5 heteroatoms. The van der Waals surface area contributed by atoms with E-state index in [2.05, 4.69) is 10.2 Å². The molecule has 1 heterocycles. The van der Waals surface area contributed by atoms with E-state index in [9.17, 15) is 0 Å². The van der Waals surface area contributed by atoms with E-state index in [1.807, 2.05) is 24.3 Å². The standard InChI is InChI=1S/C11H14N4O/c1-16-8-4-2-3-7(5-8)6-9-10(12)11(13)15-14-9/h2-5H,6,12H2,1H3,(H3,13,14,15). The molecule has 0 amide bonds. The molecule has 84 valence electrons. The maximum absolute atomic E-state index is 5.77. The molecule has 5 N–H and O–H groups in total. The van der Waals surface area contributed by atoms with Gasteiger partial charge < -0.3 is 16.2 Å². The van der Waals surface area contributed by atoms with Crippen molar-refractivity contribution in [2.45, 2.75) is 6.42 Å². The molecule has 0 radical (unpaired) electrons. The lowest BCUT2D eigenvalue weighted by atomic mass is 10.1. The number of H-pyrrole nitrogens is 1. The van der Waals surface area contributed by atoms with Crippen LogP contribution in [-0.2, 0) is 6.42 Å². The maximum atomic E-state index is 5.77. The van der Waals surface area contributed by atoms with E-state index in [0.717, 1.165) is 17.0 Å². The minimum Gasteiger partial charge on any atom is -0.497 e. The van der Waals surface area contributed by atoms with E-state index in [4.69, 9.17) is 16.2 Å². The number of hydrogen-bond acceptors (Lipinski definition) is 4. The van der Waals surface area contributed by atoms with Gasteiger partial charge in [-0.25, -0.2) is 0 Å². The third-order valence-electron chi connectivity index (χ3n) is 2.42. The number of nitrogens with zero attached hydrogens (tertiary/aromatic N) is 1. The molecule has 0 aliphatic heterocycles. The van der Waals surface area contributed by atoms with Crippen LogP contribution in [0.15, 0.2) is 24.3 Å². The van der Waals surface area contributed by atoms with Gasteiger partial charge in [-0.2, -0.15) is 5.10 Å². The maximum Gasteiger partial charge on any atom is 0.142 e. The summed E-state index contributed by atoms with van der Waals surface area (Å²) in [6, 6.07) is 7.77. The monoisotopic (exact) mass is 218 g/mol. The summed E-state index contributed by atoms with van der Waals surface area (Å²) in [5, 5.41) is 6.71. The summed E-state index contributed by atoms with van der Waals surface area (Å²) in [6.45, 7) is 0. The fourth-order valence-corrected chi connectivity index (χ4v) is 1.51. The molecule has 0 saturated heterocycles. The largest absolute Gasteiger partial charge is 0.497 e. The average Bonchev–Trinajstić information content (AvgIpc) is 2.61. The van der Waals surface area contributed by atoms with Gasteiger partial charge in [-0.1, -0.05) is 12.1 Å². The van der Waals surface area contributed by atoms with Crippen LogP contribution in [0, 0.1) is 0 Å². The number of hydrogen-bond donors (Lipinski definition) is 3. The molecule has 5 nitrogen and oxygen atoms in total. The predicted octanol–water partition coefficient (Wildman–Crippen LogP) is 1.17. The first-order valence-corrected chi connectivity index (χ1v) is 4.92. The first-order chi connectivity index (χ1) is 7.70. The highest BCUT2D eigenvalue weighted by atomic mass is 16.5. The van der Waals surface area contributed by atoms with Crippen molar-refractivity contribution in [3.05, 3.63) is 35.5 Å². The highest BCUT2D eigenvalue weighted by Gasteiger charge is 2.08. The molecule has 1 aromatic carbocycles. The van der Waals surface area contributed by atoms with Crippen molar-refractivity contribution in [3.8, 4) is 5.75 Å². The molecule has 0 saturated carbocycles. The summed E-state index contributed by atoms with van der Waals surface area (Å²) in [4.78, 5) is 0. The van der Waals surface area contributed by atoms with Crippen LogP contribution in [0.4, 0.5) is 11.5 Å². The van der Waals surface area contributed by atoms with Gasteiger partial charge >= 0.3 is 0 Å². The number of anilines is 2. The Labute approximate surface area is 93.4 Å². The van der Waals surface area contributed by atoms with Crippen LogP contribution in [0.2, 0.25) is 0 Å². The van der Waals surface area contributed by atoms with Crippen LogP contribution in [0.1, 0.15) is 11.3 Å². The van der Waals surface area contributed by atoms with Gasteiger partial charge in [0.15, 0.2) is 0 Å². The Morgan fingerprint density at radius 3 is 2.81 bits per heavy atom. The number of methoxy groups -OCH3 is 1. The van der Waals surface area contributed by atoms with Crippen molar-refractivity contribution in [2.75, 3.05) is 18.6 Å². The van der Waals surface area contributed by atoms with Crippen molar-refractivity contribution in [1.29, 1.82) is 0 Å². The molecule has 0 unspecified atom stereocenters. The molecule has 0 fully saturated rings. The number of benzene rings is 1. The van der Waals surface area contributed by atoms with Gasteiger partial charge in [0.1, 0.15) is 11.6 Å². The normalized spacial score (nSPS) is 10.3. The average molecular weight is 218 g/mol. The summed E-state index contributed by atoms with van der Waals surface area (Å²) >= 11 is 0. The second kappa shape index (κ2) is 4.14. The SMILES string of the molecule is COc1cccc(Cc2n[nH]c(N)c2N)c1. The van der Waals surface area contributed by atoms with Crippen LogP contribution in [0.25, 0.3) is 0 Å². The topological polar surface area (TPSA) is 89.9 Å². The summed E-state index contributed by atoms with van der Waals surface area (Å²) < 4.78 is 5.14. The van der Waals surface area contributed by atoms with Crippen molar-refractivity contribution >= 4 is 11.5 Å². The van der Waals surface area contributed by atoms with Crippen molar-refractivity contribution in [3.63, 3.8) is 0 Å². The zero-order valence-corrected chi connectivity index (χ0v) is 9.03. The Balaban J connectivity index is 2.23. The number of nitrogens with two attached hydrogens (primary N) is 2. The van der Waals surface area contributed by atoms with Crippen molar-refractivity contribution in [2.24, 2.45) is 0 Å². The van der Waals surface area contributed by atoms with Gasteiger partial charge in [-0.05, 0) is 17.7 Å². The van der Waals surface area contributed by atoms with E-state index in [0.29, 0.717) is 17.9 Å². The summed E-state index contributed by atoms with van der Waals surface area (Å²) in [5.74, 6) is 1.23. The molecular weight excluding hydrogens is 204 g/mol. The first kappa shape index (κ1) is 10.4. The third kappa shape index (κ3) is 1.93. The second-order valence-electron chi connectivity index (χ2n) is 3.53. The zero-order chi connectivity index (χ0) is 11.5. The van der Waals surface area contributed by atoms with Gasteiger partial charge in [-0.3, -0.25) is 5.10 Å². The van der Waals surface area contributed by atoms with Crippen LogP contribution < -0.4 is 16.2 Å². The van der Waals surface area contributed by atoms with Gasteiger partial charge in [0.05, 0.1) is 18.5 Å². The summed E-state index contributed by atoms with van der Waals surface area (Å²) in [6.07, 6.45) is 0.636. The van der Waals surface area contributed by atoms with Crippen LogP contribution in [0.3, 0.4) is 0 Å². The molecule has 1 aromatic heterocycles.